The third-order valence-electron chi connectivity index (χ3n) is 12.6. The molecule has 0 aliphatic heterocycles. The number of benzene rings is 8. The molecule has 107 heavy (non-hydrogen) atoms. The average Bonchev–Trinajstić information content (AvgIpc) is 1.77. The minimum absolute atomic E-state index is 0.00125. The first-order valence-corrected chi connectivity index (χ1v) is 33.3. The Kier molecular flexibility index (Phi) is 26.4. The molecular formula is C65H36BrClF16N12O8S4. The lowest BCUT2D eigenvalue weighted by molar-refractivity contribution is -0.137. The molecule has 0 spiro atoms. The summed E-state index contributed by atoms with van der Waals surface area (Å²) in [6.07, 6.45) is -4.55. The van der Waals surface area contributed by atoms with Gasteiger partial charge in [-0.3, -0.25) is 40.4 Å². The highest BCUT2D eigenvalue weighted by molar-refractivity contribution is 9.10. The van der Waals surface area contributed by atoms with Crippen LogP contribution in [-0.4, -0.2) is 86.5 Å². The van der Waals surface area contributed by atoms with Crippen LogP contribution in [0.1, 0.15) is 47.0 Å². The summed E-state index contributed by atoms with van der Waals surface area (Å²) < 4.78 is 221. The van der Waals surface area contributed by atoms with Crippen LogP contribution in [0.15, 0.2) is 236 Å². The summed E-state index contributed by atoms with van der Waals surface area (Å²) in [5, 5.41) is 39.4. The number of carbonyl (C=O) groups excluding carboxylic acids is 4. The normalized spacial score (nSPS) is 11.6. The maximum absolute atomic E-state index is 13.2. The minimum atomic E-state index is -4.55. The van der Waals surface area contributed by atoms with Crippen molar-refractivity contribution < 1.29 is 107 Å². The molecule has 0 unspecified atom stereocenters. The highest BCUT2D eigenvalue weighted by Crippen LogP contribution is 2.41. The lowest BCUT2D eigenvalue weighted by Gasteiger charge is -2.06. The van der Waals surface area contributed by atoms with Crippen molar-refractivity contribution in [3.63, 3.8) is 0 Å². The van der Waals surface area contributed by atoms with E-state index < -0.39 is 63.2 Å². The van der Waals surface area contributed by atoms with Crippen molar-refractivity contribution in [3.05, 3.63) is 237 Å². The van der Waals surface area contributed by atoms with Gasteiger partial charge in [0.05, 0.1) is 5.56 Å². The highest BCUT2D eigenvalue weighted by atomic mass is 79.9. The van der Waals surface area contributed by atoms with E-state index in [1.165, 1.54) is 115 Å². The van der Waals surface area contributed by atoms with Gasteiger partial charge in [0.1, 0.15) is 5.82 Å². The summed E-state index contributed by atoms with van der Waals surface area (Å²) in [5.74, 6) is -2.87. The van der Waals surface area contributed by atoms with Gasteiger partial charge in [0, 0.05) is 73.6 Å². The highest BCUT2D eigenvalue weighted by Gasteiger charge is 2.34. The van der Waals surface area contributed by atoms with Crippen LogP contribution in [0.2, 0.25) is 5.02 Å². The Morgan fingerprint density at radius 1 is 0.336 bits per heavy atom. The average molecular weight is 1660 g/mol. The number of anilines is 4. The zero-order chi connectivity index (χ0) is 77.4. The van der Waals surface area contributed by atoms with Crippen LogP contribution < -0.4 is 21.3 Å². The van der Waals surface area contributed by atoms with Gasteiger partial charge in [-0.05, 0) is 217 Å². The Bertz CT molecular complexity index is 4690. The van der Waals surface area contributed by atoms with Gasteiger partial charge in [0.2, 0.25) is 23.6 Å². The number of rotatable bonds is 16. The Hall–Kier alpha value is -10.8. The number of aromatic nitrogens is 8. The SMILES string of the molecule is O=C(Nc1nnc(-c2cccc(Br)c2)o1)c1ccc(SC(F)(F)F)cc1.O=C(Nc1nnc(-c2cccc(C(F)(F)F)c2)o1)c1ccc(SC(F)(F)F)cc1.O=C(Nc1nnc(-c2cccc(Cl)c2)o1)c1ccc(SC(F)(F)F)cc1.O=C(Nc1nnc(-c2cccc(F)c2)o1)c1ccc(SC(F)(F)F)cc1. The van der Waals surface area contributed by atoms with E-state index in [0.29, 0.717) is 21.7 Å². The maximum Gasteiger partial charge on any atom is 0.446 e. The van der Waals surface area contributed by atoms with Gasteiger partial charge in [-0.2, -0.15) is 65.9 Å². The largest absolute Gasteiger partial charge is 0.446 e. The van der Waals surface area contributed by atoms with E-state index in [0.717, 1.165) is 28.7 Å². The topological polar surface area (TPSA) is 272 Å². The summed E-state index contributed by atoms with van der Waals surface area (Å²) in [4.78, 5) is 48.3. The van der Waals surface area contributed by atoms with Crippen molar-refractivity contribution in [2.45, 2.75) is 47.8 Å². The first kappa shape index (κ1) is 80.3. The predicted molar refractivity (Wildman–Crippen MR) is 362 cm³/mol. The van der Waals surface area contributed by atoms with Crippen LogP contribution in [0.3, 0.4) is 0 Å². The van der Waals surface area contributed by atoms with Crippen LogP contribution in [-0.2, 0) is 6.18 Å². The van der Waals surface area contributed by atoms with E-state index in [1.54, 1.807) is 48.5 Å². The Labute approximate surface area is 618 Å². The van der Waals surface area contributed by atoms with Crippen molar-refractivity contribution in [3.8, 4) is 45.8 Å². The van der Waals surface area contributed by atoms with Crippen molar-refractivity contribution >= 4 is 122 Å². The molecule has 0 saturated carbocycles. The van der Waals surface area contributed by atoms with Crippen LogP contribution in [0.25, 0.3) is 45.8 Å². The molecule has 554 valence electrons. The second kappa shape index (κ2) is 35.1. The number of nitrogens with zero attached hydrogens (tertiary/aromatic N) is 8. The van der Waals surface area contributed by atoms with E-state index in [1.807, 2.05) is 6.07 Å². The van der Waals surface area contributed by atoms with Gasteiger partial charge in [-0.1, -0.05) is 72.2 Å². The molecule has 4 N–H and O–H groups in total. The molecule has 4 aromatic heterocycles. The van der Waals surface area contributed by atoms with Crippen LogP contribution >= 0.6 is 74.6 Å². The summed E-state index contributed by atoms with van der Waals surface area (Å²) >= 11 is 8.11. The van der Waals surface area contributed by atoms with Crippen LogP contribution in [0, 0.1) is 5.82 Å². The maximum atomic E-state index is 13.2. The van der Waals surface area contributed by atoms with E-state index in [-0.39, 0.29) is 142 Å². The number of hydrogen-bond acceptors (Lipinski definition) is 20. The monoisotopic (exact) mass is 1660 g/mol. The zero-order valence-electron chi connectivity index (χ0n) is 52.3. The summed E-state index contributed by atoms with van der Waals surface area (Å²) in [6, 6.07) is 42.1. The van der Waals surface area contributed by atoms with E-state index >= 15 is 0 Å². The van der Waals surface area contributed by atoms with E-state index in [9.17, 15) is 89.4 Å². The molecule has 0 saturated heterocycles. The molecular weight excluding hydrogens is 1620 g/mol. The molecule has 8 aromatic carbocycles. The zero-order valence-corrected chi connectivity index (χ0v) is 57.9. The third-order valence-corrected chi connectivity index (χ3v) is 16.3. The fourth-order valence-electron chi connectivity index (χ4n) is 8.16. The number of amides is 4. The lowest BCUT2D eigenvalue weighted by Crippen LogP contribution is -2.12. The van der Waals surface area contributed by atoms with Crippen LogP contribution in [0.5, 0.6) is 0 Å². The number of thioether (sulfide) groups is 4. The van der Waals surface area contributed by atoms with Gasteiger partial charge in [-0.15, -0.1) is 20.4 Å². The van der Waals surface area contributed by atoms with E-state index in [4.69, 9.17) is 29.3 Å². The van der Waals surface area contributed by atoms with E-state index in [2.05, 4.69) is 78.0 Å². The molecule has 4 amide bonds. The smallest absolute Gasteiger partial charge is 0.403 e. The molecule has 0 bridgehead atoms. The standard InChI is InChI=1S/C17H9F6N3O2S.C16H9BrF3N3O2S.C16H9ClF3N3O2S.C16H9F4N3O2S/c18-16(19,20)11-3-1-2-10(8-11)14-25-26-15(28-14)24-13(27)9-4-6-12(7-5-9)29-17(21,22)23;3*17-11-3-1-2-10(8-11)14-22-23-15(25-14)21-13(24)9-4-6-12(7-5-9)26-16(18,19)20/h1-8H,(H,24,26,27);3*1-8H,(H,21,23,24). The number of hydrogen-bond donors (Lipinski definition) is 4. The number of nitrogens with one attached hydrogen (secondary N) is 4. The van der Waals surface area contributed by atoms with Crippen molar-refractivity contribution in [2.24, 2.45) is 0 Å². The van der Waals surface area contributed by atoms with Gasteiger partial charge >= 0.3 is 52.3 Å². The van der Waals surface area contributed by atoms with Crippen molar-refractivity contribution in [2.75, 3.05) is 21.3 Å². The summed E-state index contributed by atoms with van der Waals surface area (Å²) in [6.45, 7) is 0. The summed E-state index contributed by atoms with van der Waals surface area (Å²) in [7, 11) is 0. The first-order valence-electron chi connectivity index (χ1n) is 28.9. The van der Waals surface area contributed by atoms with Gasteiger partial charge in [0.15, 0.2) is 0 Å². The Morgan fingerprint density at radius 3 is 0.888 bits per heavy atom. The second-order valence-electron chi connectivity index (χ2n) is 20.4. The number of alkyl halides is 15. The molecule has 4 heterocycles. The minimum Gasteiger partial charge on any atom is -0.403 e. The molecule has 20 nitrogen and oxygen atoms in total. The van der Waals surface area contributed by atoms with Crippen molar-refractivity contribution in [1.82, 2.24) is 40.8 Å². The molecule has 0 radical (unpaired) electrons. The second-order valence-corrected chi connectivity index (χ2v) is 26.3. The van der Waals surface area contributed by atoms with Gasteiger partial charge in [-0.25, -0.2) is 4.39 Å². The predicted octanol–water partition coefficient (Wildman–Crippen LogP) is 21.0. The molecule has 0 aliphatic rings. The molecule has 0 fully saturated rings. The molecule has 0 atom stereocenters. The fraction of sp³-hybridized carbons (Fsp3) is 0.0769. The molecule has 0 aliphatic carbocycles. The first-order chi connectivity index (χ1) is 50.4. The number of carbonyl (C=O) groups is 4. The number of halogens is 18. The van der Waals surface area contributed by atoms with Crippen LogP contribution in [0.4, 0.5) is 94.3 Å². The fourth-order valence-corrected chi connectivity index (χ4v) is 10.9. The summed E-state index contributed by atoms with van der Waals surface area (Å²) in [5.41, 5.74) is -16.5. The Morgan fingerprint density at radius 2 is 0.607 bits per heavy atom. The lowest BCUT2D eigenvalue weighted by atomic mass is 10.1. The third kappa shape index (κ3) is 25.8. The molecule has 42 heteroatoms. The van der Waals surface area contributed by atoms with Gasteiger partial charge < -0.3 is 17.7 Å². The van der Waals surface area contributed by atoms with Gasteiger partial charge in [0.25, 0.3) is 23.6 Å². The molecule has 12 aromatic rings. The van der Waals surface area contributed by atoms with Crippen molar-refractivity contribution in [1.29, 1.82) is 0 Å². The quantitative estimate of drug-likeness (QED) is 0.0517. The molecule has 12 rings (SSSR count). The Balaban J connectivity index is 0.000000165.